The normalized spacial score (nSPS) is 15.1. The fourth-order valence-electron chi connectivity index (χ4n) is 1.22. The van der Waals surface area contributed by atoms with E-state index in [2.05, 4.69) is 0 Å². The third kappa shape index (κ3) is 2.38. The van der Waals surface area contributed by atoms with Crippen molar-refractivity contribution in [2.75, 3.05) is 7.11 Å². The van der Waals surface area contributed by atoms with Crippen LogP contribution in [0.3, 0.4) is 0 Å². The second kappa shape index (κ2) is 4.33. The van der Waals surface area contributed by atoms with Crippen LogP contribution < -0.4 is 10.5 Å². The zero-order valence-electron chi connectivity index (χ0n) is 8.43. The van der Waals surface area contributed by atoms with Crippen LogP contribution in [-0.4, -0.2) is 13.5 Å². The van der Waals surface area contributed by atoms with E-state index in [0.29, 0.717) is 10.8 Å². The van der Waals surface area contributed by atoms with E-state index in [-0.39, 0.29) is 5.56 Å². The first-order chi connectivity index (χ1) is 6.89. The van der Waals surface area contributed by atoms with Crippen LogP contribution in [0.1, 0.15) is 12.5 Å². The summed E-state index contributed by atoms with van der Waals surface area (Å²) >= 11 is 5.73. The molecule has 5 heteroatoms. The van der Waals surface area contributed by atoms with E-state index in [0.717, 1.165) is 0 Å². The Labute approximate surface area is 92.0 Å². The summed E-state index contributed by atoms with van der Waals surface area (Å²) in [5.74, 6) is 0.310. The molecule has 0 amide bonds. The maximum absolute atomic E-state index is 12.7. The van der Waals surface area contributed by atoms with E-state index >= 15 is 0 Å². The average Bonchev–Trinajstić information content (AvgIpc) is 2.17. The van der Waals surface area contributed by atoms with Crippen LogP contribution in [-0.2, 0) is 5.54 Å². The maximum Gasteiger partial charge on any atom is 0.260 e. The molecule has 0 aromatic heterocycles. The lowest BCUT2D eigenvalue weighted by molar-refractivity contribution is 0.0611. The van der Waals surface area contributed by atoms with Gasteiger partial charge in [-0.25, -0.2) is 8.78 Å². The van der Waals surface area contributed by atoms with Crippen LogP contribution in [0.5, 0.6) is 5.75 Å². The topological polar surface area (TPSA) is 35.2 Å². The van der Waals surface area contributed by atoms with Gasteiger partial charge in [0.15, 0.2) is 0 Å². The van der Waals surface area contributed by atoms with Crippen molar-refractivity contribution in [3.63, 3.8) is 0 Å². The first-order valence-corrected chi connectivity index (χ1v) is 4.68. The van der Waals surface area contributed by atoms with E-state index < -0.39 is 12.0 Å². The third-order valence-electron chi connectivity index (χ3n) is 2.20. The molecule has 84 valence electrons. The van der Waals surface area contributed by atoms with Crippen molar-refractivity contribution in [1.29, 1.82) is 0 Å². The van der Waals surface area contributed by atoms with Gasteiger partial charge in [0.1, 0.15) is 11.3 Å². The Morgan fingerprint density at radius 2 is 2.07 bits per heavy atom. The summed E-state index contributed by atoms with van der Waals surface area (Å²) < 4.78 is 30.4. The van der Waals surface area contributed by atoms with Gasteiger partial charge in [-0.3, -0.25) is 0 Å². The molecule has 0 saturated heterocycles. The monoisotopic (exact) mass is 235 g/mol. The fourth-order valence-corrected chi connectivity index (χ4v) is 1.39. The minimum absolute atomic E-state index is 0.201. The van der Waals surface area contributed by atoms with Crippen LogP contribution in [0, 0.1) is 0 Å². The predicted molar refractivity (Wildman–Crippen MR) is 55.5 cm³/mol. The smallest absolute Gasteiger partial charge is 0.260 e. The highest BCUT2D eigenvalue weighted by molar-refractivity contribution is 6.30. The third-order valence-corrected chi connectivity index (χ3v) is 2.43. The summed E-state index contributed by atoms with van der Waals surface area (Å²) in [6.07, 6.45) is -2.69. The van der Waals surface area contributed by atoms with Crippen LogP contribution in [0.25, 0.3) is 0 Å². The molecule has 0 fully saturated rings. The number of hydrogen-bond donors (Lipinski definition) is 1. The number of alkyl halides is 2. The van der Waals surface area contributed by atoms with Crippen LogP contribution in [0.2, 0.25) is 5.02 Å². The summed E-state index contributed by atoms with van der Waals surface area (Å²) in [6, 6.07) is 4.48. The van der Waals surface area contributed by atoms with E-state index in [1.54, 1.807) is 6.07 Å². The molecule has 1 rings (SSSR count). The zero-order valence-corrected chi connectivity index (χ0v) is 9.18. The van der Waals surface area contributed by atoms with Gasteiger partial charge in [-0.1, -0.05) is 11.6 Å². The van der Waals surface area contributed by atoms with Gasteiger partial charge in [0.05, 0.1) is 7.11 Å². The molecule has 2 nitrogen and oxygen atoms in total. The van der Waals surface area contributed by atoms with Crippen molar-refractivity contribution in [1.82, 2.24) is 0 Å². The van der Waals surface area contributed by atoms with Crippen LogP contribution in [0.4, 0.5) is 8.78 Å². The molecule has 0 aliphatic rings. The summed E-state index contributed by atoms with van der Waals surface area (Å²) in [5.41, 5.74) is 3.97. The molecular weight excluding hydrogens is 224 g/mol. The highest BCUT2D eigenvalue weighted by Crippen LogP contribution is 2.34. The van der Waals surface area contributed by atoms with Crippen molar-refractivity contribution in [3.05, 3.63) is 28.8 Å². The summed E-state index contributed by atoms with van der Waals surface area (Å²) in [6.45, 7) is 1.24. The maximum atomic E-state index is 12.7. The van der Waals surface area contributed by atoms with Crippen LogP contribution in [0.15, 0.2) is 18.2 Å². The lowest BCUT2D eigenvalue weighted by Crippen LogP contribution is -2.40. The Morgan fingerprint density at radius 1 is 1.47 bits per heavy atom. The quantitative estimate of drug-likeness (QED) is 0.875. The number of nitrogens with two attached hydrogens (primary N) is 1. The lowest BCUT2D eigenvalue weighted by Gasteiger charge is -2.26. The Hall–Kier alpha value is -0.870. The zero-order chi connectivity index (χ0) is 11.6. The molecule has 1 aromatic rings. The molecule has 0 bridgehead atoms. The van der Waals surface area contributed by atoms with Gasteiger partial charge in [0, 0.05) is 10.6 Å². The largest absolute Gasteiger partial charge is 0.496 e. The van der Waals surface area contributed by atoms with Gasteiger partial charge in [0.25, 0.3) is 6.43 Å². The molecule has 1 aromatic carbocycles. The van der Waals surface area contributed by atoms with E-state index in [1.807, 2.05) is 0 Å². The molecule has 15 heavy (non-hydrogen) atoms. The molecule has 1 atom stereocenters. The molecular formula is C10H12ClF2NO. The summed E-state index contributed by atoms with van der Waals surface area (Å²) in [5, 5.41) is 0.350. The number of benzene rings is 1. The SMILES string of the molecule is COc1ccc(Cl)cc1C(C)(N)C(F)F. The standard InChI is InChI=1S/C10H12ClF2NO/c1-10(14,9(12)13)7-5-6(11)3-4-8(7)15-2/h3-5,9H,14H2,1-2H3. The Balaban J connectivity index is 3.28. The first-order valence-electron chi connectivity index (χ1n) is 4.30. The number of methoxy groups -OCH3 is 1. The number of hydrogen-bond acceptors (Lipinski definition) is 2. The second-order valence-corrected chi connectivity index (χ2v) is 3.86. The van der Waals surface area contributed by atoms with Crippen molar-refractivity contribution < 1.29 is 13.5 Å². The fraction of sp³-hybridized carbons (Fsp3) is 0.400. The second-order valence-electron chi connectivity index (χ2n) is 3.43. The van der Waals surface area contributed by atoms with E-state index in [9.17, 15) is 8.78 Å². The van der Waals surface area contributed by atoms with Crippen molar-refractivity contribution >= 4 is 11.6 Å². The van der Waals surface area contributed by atoms with Gasteiger partial charge >= 0.3 is 0 Å². The molecule has 0 spiro atoms. The van der Waals surface area contributed by atoms with Gasteiger partial charge in [-0.2, -0.15) is 0 Å². The highest BCUT2D eigenvalue weighted by Gasteiger charge is 2.35. The molecule has 0 heterocycles. The van der Waals surface area contributed by atoms with Gasteiger partial charge in [-0.15, -0.1) is 0 Å². The van der Waals surface area contributed by atoms with Crippen molar-refractivity contribution in [3.8, 4) is 5.75 Å². The highest BCUT2D eigenvalue weighted by atomic mass is 35.5. The minimum atomic E-state index is -2.69. The van der Waals surface area contributed by atoms with Crippen molar-refractivity contribution in [2.45, 2.75) is 18.9 Å². The molecule has 0 aliphatic carbocycles. The molecule has 1 unspecified atom stereocenters. The van der Waals surface area contributed by atoms with E-state index in [4.69, 9.17) is 22.1 Å². The van der Waals surface area contributed by atoms with Crippen LogP contribution >= 0.6 is 11.6 Å². The molecule has 0 aliphatic heterocycles. The molecule has 2 N–H and O–H groups in total. The Morgan fingerprint density at radius 3 is 2.53 bits per heavy atom. The van der Waals surface area contributed by atoms with Gasteiger partial charge in [0.2, 0.25) is 0 Å². The lowest BCUT2D eigenvalue weighted by atomic mass is 9.93. The first kappa shape index (κ1) is 12.2. The number of halogens is 3. The number of rotatable bonds is 3. The van der Waals surface area contributed by atoms with Gasteiger partial charge in [-0.05, 0) is 25.1 Å². The molecule has 0 saturated carbocycles. The average molecular weight is 236 g/mol. The Kier molecular flexibility index (Phi) is 3.52. The molecule has 0 radical (unpaired) electrons. The van der Waals surface area contributed by atoms with Crippen molar-refractivity contribution in [2.24, 2.45) is 5.73 Å². The number of ether oxygens (including phenoxy) is 1. The van der Waals surface area contributed by atoms with Gasteiger partial charge < -0.3 is 10.5 Å². The Bertz CT molecular complexity index is 355. The predicted octanol–water partition coefficient (Wildman–Crippen LogP) is 2.79. The minimum Gasteiger partial charge on any atom is -0.496 e. The van der Waals surface area contributed by atoms with E-state index in [1.165, 1.54) is 26.2 Å². The summed E-state index contributed by atoms with van der Waals surface area (Å²) in [7, 11) is 1.40. The summed E-state index contributed by atoms with van der Waals surface area (Å²) in [4.78, 5) is 0.